The summed E-state index contributed by atoms with van der Waals surface area (Å²) in [6.07, 6.45) is 0.0707. The van der Waals surface area contributed by atoms with Crippen LogP contribution in [-0.4, -0.2) is 31.6 Å². The molecule has 2 aromatic carbocycles. The van der Waals surface area contributed by atoms with Gasteiger partial charge in [-0.1, -0.05) is 18.2 Å². The number of nitrogens with one attached hydrogen (secondary N) is 1. The summed E-state index contributed by atoms with van der Waals surface area (Å²) in [5, 5.41) is 2.85. The summed E-state index contributed by atoms with van der Waals surface area (Å²) in [5.41, 5.74) is 1.09. The zero-order valence-corrected chi connectivity index (χ0v) is 14.6. The van der Waals surface area contributed by atoms with E-state index in [1.54, 1.807) is 18.2 Å². The molecule has 0 unspecified atom stereocenters. The summed E-state index contributed by atoms with van der Waals surface area (Å²) >= 11 is 0. The Labute approximate surface area is 155 Å². The van der Waals surface area contributed by atoms with Crippen LogP contribution >= 0.6 is 0 Å². The van der Waals surface area contributed by atoms with Gasteiger partial charge in [-0.05, 0) is 29.8 Å². The second-order valence-corrected chi connectivity index (χ2v) is 6.55. The van der Waals surface area contributed by atoms with E-state index < -0.39 is 11.7 Å². The molecule has 2 aliphatic rings. The molecule has 140 valence electrons. The first-order chi connectivity index (χ1) is 13.1. The van der Waals surface area contributed by atoms with Gasteiger partial charge in [0.25, 0.3) is 0 Å². The number of fused-ring (bicyclic) bond motifs is 1. The molecule has 27 heavy (non-hydrogen) atoms. The fourth-order valence-electron chi connectivity index (χ4n) is 3.32. The van der Waals surface area contributed by atoms with Crippen molar-refractivity contribution >= 4 is 17.5 Å². The highest BCUT2D eigenvalue weighted by atomic mass is 19.1. The number of amides is 2. The monoisotopic (exact) mass is 370 g/mol. The fourth-order valence-corrected chi connectivity index (χ4v) is 3.32. The van der Waals surface area contributed by atoms with Crippen LogP contribution in [0.3, 0.4) is 0 Å². The van der Waals surface area contributed by atoms with Gasteiger partial charge in [0.2, 0.25) is 11.8 Å². The summed E-state index contributed by atoms with van der Waals surface area (Å²) in [4.78, 5) is 26.0. The maximum Gasteiger partial charge on any atom is 0.227 e. The van der Waals surface area contributed by atoms with E-state index in [1.165, 1.54) is 11.0 Å². The van der Waals surface area contributed by atoms with Gasteiger partial charge in [0, 0.05) is 19.5 Å². The molecule has 7 heteroatoms. The number of rotatable bonds is 4. The number of carbonyl (C=O) groups is 2. The van der Waals surface area contributed by atoms with Gasteiger partial charge < -0.3 is 19.7 Å². The van der Waals surface area contributed by atoms with Gasteiger partial charge in [0.15, 0.2) is 11.5 Å². The van der Waals surface area contributed by atoms with E-state index in [9.17, 15) is 14.0 Å². The van der Waals surface area contributed by atoms with Gasteiger partial charge in [-0.15, -0.1) is 0 Å². The topological polar surface area (TPSA) is 67.9 Å². The van der Waals surface area contributed by atoms with Gasteiger partial charge in [-0.25, -0.2) is 4.39 Å². The summed E-state index contributed by atoms with van der Waals surface area (Å²) in [6.45, 7) is 1.52. The minimum absolute atomic E-state index is 0.0707. The van der Waals surface area contributed by atoms with Crippen molar-refractivity contribution in [2.24, 2.45) is 5.92 Å². The van der Waals surface area contributed by atoms with E-state index in [4.69, 9.17) is 9.47 Å². The Kier molecular flexibility index (Phi) is 4.66. The summed E-state index contributed by atoms with van der Waals surface area (Å²) in [5.74, 6) is -0.0952. The summed E-state index contributed by atoms with van der Waals surface area (Å²) < 4.78 is 24.9. The first-order valence-corrected chi connectivity index (χ1v) is 8.83. The van der Waals surface area contributed by atoms with Crippen molar-refractivity contribution < 1.29 is 23.5 Å². The third-order valence-corrected chi connectivity index (χ3v) is 4.71. The molecule has 0 bridgehead atoms. The molecule has 1 atom stereocenters. The third kappa shape index (κ3) is 3.58. The number of para-hydroxylation sites is 1. The predicted octanol–water partition coefficient (Wildman–Crippen LogP) is 2.27. The van der Waals surface area contributed by atoms with Crippen LogP contribution in [0.15, 0.2) is 42.5 Å². The van der Waals surface area contributed by atoms with Crippen molar-refractivity contribution in [2.45, 2.75) is 13.0 Å². The van der Waals surface area contributed by atoms with Crippen molar-refractivity contribution in [1.82, 2.24) is 5.32 Å². The van der Waals surface area contributed by atoms with Crippen molar-refractivity contribution in [2.75, 3.05) is 24.7 Å². The molecule has 4 rings (SSSR count). The fraction of sp³-hybridized carbons (Fsp3) is 0.300. The highest BCUT2D eigenvalue weighted by molar-refractivity contribution is 6.00. The van der Waals surface area contributed by atoms with Crippen LogP contribution in [0.4, 0.5) is 10.1 Å². The Hall–Kier alpha value is -3.09. The highest BCUT2D eigenvalue weighted by Crippen LogP contribution is 2.31. The molecular weight excluding hydrogens is 351 g/mol. The zero-order chi connectivity index (χ0) is 18.8. The standard InChI is InChI=1S/C20H19FN2O4/c21-15-3-1-2-4-16(15)23-12-14(10-19(23)24)20(25)22-11-13-5-6-17-18(9-13)27-8-7-26-17/h1-6,9,14H,7-8,10-12H2,(H,22,25)/t14-/m0/s1. The van der Waals surface area contributed by atoms with Crippen LogP contribution in [0.2, 0.25) is 0 Å². The highest BCUT2D eigenvalue weighted by Gasteiger charge is 2.36. The lowest BCUT2D eigenvalue weighted by Gasteiger charge is -2.19. The van der Waals surface area contributed by atoms with Crippen LogP contribution in [0, 0.1) is 11.7 Å². The van der Waals surface area contributed by atoms with Crippen molar-refractivity contribution in [1.29, 1.82) is 0 Å². The van der Waals surface area contributed by atoms with Crippen molar-refractivity contribution in [3.8, 4) is 11.5 Å². The first-order valence-electron chi connectivity index (χ1n) is 8.83. The first kappa shape index (κ1) is 17.3. The van der Waals surface area contributed by atoms with Crippen LogP contribution in [0.25, 0.3) is 0 Å². The normalized spacial score (nSPS) is 18.5. The Morgan fingerprint density at radius 1 is 1.15 bits per heavy atom. The molecule has 0 saturated carbocycles. The van der Waals surface area contributed by atoms with E-state index in [0.29, 0.717) is 31.3 Å². The molecule has 1 saturated heterocycles. The SMILES string of the molecule is O=C(NCc1ccc2c(c1)OCCO2)[C@H]1CC(=O)N(c2ccccc2F)C1. The Morgan fingerprint density at radius 2 is 1.93 bits per heavy atom. The zero-order valence-electron chi connectivity index (χ0n) is 14.6. The predicted molar refractivity (Wildman–Crippen MR) is 96.1 cm³/mol. The Bertz CT molecular complexity index is 886. The summed E-state index contributed by atoms with van der Waals surface area (Å²) in [6, 6.07) is 11.6. The number of halogens is 1. The van der Waals surface area contributed by atoms with E-state index in [2.05, 4.69) is 5.32 Å². The Balaban J connectivity index is 1.38. The average Bonchev–Trinajstić information content (AvgIpc) is 3.08. The maximum absolute atomic E-state index is 13.9. The van der Waals surface area contributed by atoms with Crippen molar-refractivity contribution in [3.63, 3.8) is 0 Å². The molecule has 2 aromatic rings. The van der Waals surface area contributed by atoms with E-state index in [-0.39, 0.29) is 30.5 Å². The average molecular weight is 370 g/mol. The lowest BCUT2D eigenvalue weighted by molar-refractivity contribution is -0.126. The van der Waals surface area contributed by atoms with E-state index in [0.717, 1.165) is 5.56 Å². The number of hydrogen-bond acceptors (Lipinski definition) is 4. The molecule has 0 aromatic heterocycles. The molecule has 1 N–H and O–H groups in total. The second-order valence-electron chi connectivity index (χ2n) is 6.55. The number of nitrogens with zero attached hydrogens (tertiary/aromatic N) is 1. The van der Waals surface area contributed by atoms with Gasteiger partial charge in [0.1, 0.15) is 19.0 Å². The number of ether oxygens (including phenoxy) is 2. The van der Waals surface area contributed by atoms with Gasteiger partial charge in [-0.2, -0.15) is 0 Å². The quantitative estimate of drug-likeness (QED) is 0.897. The summed E-state index contributed by atoms with van der Waals surface area (Å²) in [7, 11) is 0. The number of carbonyl (C=O) groups excluding carboxylic acids is 2. The molecule has 0 spiro atoms. The smallest absolute Gasteiger partial charge is 0.227 e. The molecule has 2 heterocycles. The lowest BCUT2D eigenvalue weighted by Crippen LogP contribution is -2.32. The minimum atomic E-state index is -0.505. The van der Waals surface area contributed by atoms with E-state index in [1.807, 2.05) is 18.2 Å². The molecule has 2 aliphatic heterocycles. The van der Waals surface area contributed by atoms with Gasteiger partial charge >= 0.3 is 0 Å². The van der Waals surface area contributed by atoms with Crippen LogP contribution in [-0.2, 0) is 16.1 Å². The van der Waals surface area contributed by atoms with Crippen LogP contribution in [0.5, 0.6) is 11.5 Å². The molecule has 0 aliphatic carbocycles. The van der Waals surface area contributed by atoms with Gasteiger partial charge in [-0.3, -0.25) is 9.59 Å². The van der Waals surface area contributed by atoms with Crippen molar-refractivity contribution in [3.05, 3.63) is 53.8 Å². The third-order valence-electron chi connectivity index (χ3n) is 4.71. The maximum atomic E-state index is 13.9. The Morgan fingerprint density at radius 3 is 2.74 bits per heavy atom. The number of hydrogen-bond donors (Lipinski definition) is 1. The molecule has 2 amide bonds. The number of anilines is 1. The number of benzene rings is 2. The van der Waals surface area contributed by atoms with E-state index >= 15 is 0 Å². The molecule has 1 fully saturated rings. The molecular formula is C20H19FN2O4. The largest absolute Gasteiger partial charge is 0.486 e. The molecule has 0 radical (unpaired) electrons. The lowest BCUT2D eigenvalue weighted by atomic mass is 10.1. The van der Waals surface area contributed by atoms with Crippen LogP contribution in [0.1, 0.15) is 12.0 Å². The minimum Gasteiger partial charge on any atom is -0.486 e. The van der Waals surface area contributed by atoms with Gasteiger partial charge in [0.05, 0.1) is 11.6 Å². The molecule has 6 nitrogen and oxygen atoms in total. The van der Waals surface area contributed by atoms with Crippen LogP contribution < -0.4 is 19.7 Å². The second kappa shape index (κ2) is 7.26.